The molecule has 3 fully saturated rings. The number of esters is 3. The Morgan fingerprint density at radius 2 is 2.07 bits per heavy atom. The largest absolute Gasteiger partial charge is 0.472 e. The third-order valence-electron chi connectivity index (χ3n) is 7.44. The molecule has 3 heterocycles. The van der Waals surface area contributed by atoms with Crippen LogP contribution in [0, 0.1) is 22.7 Å². The van der Waals surface area contributed by atoms with Gasteiger partial charge in [-0.05, 0) is 24.8 Å². The maximum Gasteiger partial charge on any atom is 0.334 e. The Morgan fingerprint density at radius 1 is 1.25 bits per heavy atom. The highest BCUT2D eigenvalue weighted by Crippen LogP contribution is 2.69. The number of hydrogen-bond acceptors (Lipinski definition) is 7. The molecule has 2 aliphatic carbocycles. The number of ether oxygens (including phenoxy) is 3. The van der Waals surface area contributed by atoms with Gasteiger partial charge in [-0.2, -0.15) is 0 Å². The van der Waals surface area contributed by atoms with Crippen LogP contribution in [-0.2, 0) is 28.6 Å². The first-order valence-electron chi connectivity index (χ1n) is 9.68. The van der Waals surface area contributed by atoms with Gasteiger partial charge in [-0.3, -0.25) is 9.59 Å². The molecule has 6 atom stereocenters. The minimum absolute atomic E-state index is 0.00372. The van der Waals surface area contributed by atoms with Crippen LogP contribution in [0.1, 0.15) is 44.3 Å². The first-order chi connectivity index (χ1) is 13.4. The van der Waals surface area contributed by atoms with Crippen LogP contribution in [0.2, 0.25) is 0 Å². The second kappa shape index (κ2) is 5.72. The van der Waals surface area contributed by atoms with Crippen molar-refractivity contribution in [2.24, 2.45) is 22.7 Å². The van der Waals surface area contributed by atoms with Crippen molar-refractivity contribution in [3.8, 4) is 0 Å². The predicted molar refractivity (Wildman–Crippen MR) is 93.5 cm³/mol. The second-order valence-electron chi connectivity index (χ2n) is 8.37. The molecule has 0 aromatic carbocycles. The van der Waals surface area contributed by atoms with Gasteiger partial charge in [0.1, 0.15) is 17.6 Å². The summed E-state index contributed by atoms with van der Waals surface area (Å²) in [7, 11) is 1.31. The van der Waals surface area contributed by atoms with Gasteiger partial charge in [0, 0.05) is 24.3 Å². The average molecular weight is 386 g/mol. The Hall–Kier alpha value is -2.57. The lowest BCUT2D eigenvalue weighted by Gasteiger charge is -2.51. The van der Waals surface area contributed by atoms with Crippen molar-refractivity contribution in [1.82, 2.24) is 0 Å². The van der Waals surface area contributed by atoms with Crippen LogP contribution in [0.3, 0.4) is 0 Å². The molecule has 7 nitrogen and oxygen atoms in total. The van der Waals surface area contributed by atoms with Gasteiger partial charge in [-0.15, -0.1) is 0 Å². The monoisotopic (exact) mass is 386 g/mol. The molecule has 7 heteroatoms. The molecule has 2 aliphatic heterocycles. The second-order valence-corrected chi connectivity index (χ2v) is 8.37. The molecule has 1 spiro atoms. The molecule has 0 amide bonds. The summed E-state index contributed by atoms with van der Waals surface area (Å²) < 4.78 is 21.7. The lowest BCUT2D eigenvalue weighted by Crippen LogP contribution is -2.58. The minimum atomic E-state index is -1.13. The van der Waals surface area contributed by atoms with E-state index in [-0.39, 0.29) is 11.9 Å². The smallest absolute Gasteiger partial charge is 0.334 e. The van der Waals surface area contributed by atoms with E-state index in [4.69, 9.17) is 18.6 Å². The van der Waals surface area contributed by atoms with Crippen molar-refractivity contribution >= 4 is 17.9 Å². The van der Waals surface area contributed by atoms with E-state index < -0.39 is 40.9 Å². The maximum atomic E-state index is 13.3. The normalized spacial score (nSPS) is 41.3. The third kappa shape index (κ3) is 1.92. The molecule has 5 rings (SSSR count). The van der Waals surface area contributed by atoms with E-state index in [9.17, 15) is 14.4 Å². The van der Waals surface area contributed by atoms with Crippen LogP contribution in [0.15, 0.2) is 34.7 Å². The summed E-state index contributed by atoms with van der Waals surface area (Å²) in [5, 5.41) is 0. The van der Waals surface area contributed by atoms with Gasteiger partial charge in [-0.1, -0.05) is 13.0 Å². The Balaban J connectivity index is 1.64. The summed E-state index contributed by atoms with van der Waals surface area (Å²) in [5.41, 5.74) is -0.877. The van der Waals surface area contributed by atoms with E-state index in [0.29, 0.717) is 31.3 Å². The topological polar surface area (TPSA) is 92.0 Å². The van der Waals surface area contributed by atoms with Crippen molar-refractivity contribution < 1.29 is 33.0 Å². The van der Waals surface area contributed by atoms with E-state index in [1.165, 1.54) is 7.11 Å². The molecular weight excluding hydrogens is 364 g/mol. The van der Waals surface area contributed by atoms with Gasteiger partial charge in [0.25, 0.3) is 0 Å². The van der Waals surface area contributed by atoms with Crippen LogP contribution >= 0.6 is 0 Å². The highest BCUT2D eigenvalue weighted by molar-refractivity contribution is 6.01. The maximum absolute atomic E-state index is 13.3. The average Bonchev–Trinajstić information content (AvgIpc) is 3.37. The summed E-state index contributed by atoms with van der Waals surface area (Å²) in [6.45, 7) is 2.03. The highest BCUT2D eigenvalue weighted by Gasteiger charge is 2.75. The van der Waals surface area contributed by atoms with Crippen LogP contribution in [0.25, 0.3) is 0 Å². The minimum Gasteiger partial charge on any atom is -0.472 e. The molecule has 4 aliphatic rings. The third-order valence-corrected chi connectivity index (χ3v) is 7.44. The van der Waals surface area contributed by atoms with E-state index >= 15 is 0 Å². The number of carbonyl (C=O) groups is 3. The number of carbonyl (C=O) groups excluding carboxylic acids is 3. The standard InChI is InChI=1S/C21H22O7/c1-11-5-7-20-13(17(22)25-2)3-4-14(27-18(20)23)16(20)21(11)9-15(28-19(21)24)12-6-8-26-10-12/h3,6,8,10-11,14-16H,4-5,7,9H2,1-2H3/t11-,14+,15+,16+,20-,21-/m1/s1. The lowest BCUT2D eigenvalue weighted by atomic mass is 9.46. The van der Waals surface area contributed by atoms with Gasteiger partial charge in [0.05, 0.1) is 30.6 Å². The Morgan fingerprint density at radius 3 is 2.79 bits per heavy atom. The number of rotatable bonds is 2. The molecule has 0 unspecified atom stereocenters. The first-order valence-corrected chi connectivity index (χ1v) is 9.68. The predicted octanol–water partition coefficient (Wildman–Crippen LogP) is 2.72. The molecule has 1 aromatic heterocycles. The van der Waals surface area contributed by atoms with E-state index in [1.54, 1.807) is 24.7 Å². The molecule has 2 saturated heterocycles. The van der Waals surface area contributed by atoms with E-state index in [1.807, 2.05) is 6.92 Å². The van der Waals surface area contributed by atoms with Crippen molar-refractivity contribution in [3.63, 3.8) is 0 Å². The highest BCUT2D eigenvalue weighted by atomic mass is 16.6. The molecule has 28 heavy (non-hydrogen) atoms. The van der Waals surface area contributed by atoms with E-state index in [2.05, 4.69) is 0 Å². The molecule has 0 radical (unpaired) electrons. The fourth-order valence-corrected chi connectivity index (χ4v) is 6.15. The summed E-state index contributed by atoms with van der Waals surface area (Å²) >= 11 is 0. The molecule has 1 saturated carbocycles. The Kier molecular flexibility index (Phi) is 3.58. The molecular formula is C21H22O7. The van der Waals surface area contributed by atoms with Gasteiger partial charge >= 0.3 is 17.9 Å². The van der Waals surface area contributed by atoms with Gasteiger partial charge < -0.3 is 18.6 Å². The first kappa shape index (κ1) is 17.5. The fraction of sp³-hybridized carbons (Fsp3) is 0.571. The van der Waals surface area contributed by atoms with Crippen LogP contribution in [0.5, 0.6) is 0 Å². The zero-order valence-corrected chi connectivity index (χ0v) is 15.8. The van der Waals surface area contributed by atoms with Crippen molar-refractivity contribution in [1.29, 1.82) is 0 Å². The van der Waals surface area contributed by atoms with Crippen molar-refractivity contribution in [2.45, 2.75) is 44.8 Å². The van der Waals surface area contributed by atoms with Crippen LogP contribution < -0.4 is 0 Å². The zero-order valence-electron chi connectivity index (χ0n) is 15.8. The molecule has 148 valence electrons. The molecule has 1 aromatic rings. The van der Waals surface area contributed by atoms with Gasteiger partial charge in [0.15, 0.2) is 0 Å². The summed E-state index contributed by atoms with van der Waals surface area (Å²) in [5.74, 6) is -1.68. The summed E-state index contributed by atoms with van der Waals surface area (Å²) in [4.78, 5) is 38.9. The lowest BCUT2D eigenvalue weighted by molar-refractivity contribution is -0.163. The SMILES string of the molecule is COC(=O)C1=CC[C@@H]2OC(=O)[C@]13CC[C@@H](C)[C@]1(C[C@@H](c4ccoc4)OC1=O)[C@@H]23. The summed E-state index contributed by atoms with van der Waals surface area (Å²) in [6.07, 6.45) is 5.98. The van der Waals surface area contributed by atoms with Crippen molar-refractivity contribution in [3.05, 3.63) is 35.8 Å². The Bertz CT molecular complexity index is 885. The van der Waals surface area contributed by atoms with Crippen LogP contribution in [0.4, 0.5) is 0 Å². The van der Waals surface area contributed by atoms with Crippen LogP contribution in [-0.4, -0.2) is 31.1 Å². The fourth-order valence-electron chi connectivity index (χ4n) is 6.15. The van der Waals surface area contributed by atoms with Crippen molar-refractivity contribution in [2.75, 3.05) is 7.11 Å². The van der Waals surface area contributed by atoms with Gasteiger partial charge in [-0.25, -0.2) is 4.79 Å². The van der Waals surface area contributed by atoms with E-state index in [0.717, 1.165) is 5.56 Å². The number of methoxy groups -OCH3 is 1. The Labute approximate surface area is 162 Å². The van der Waals surface area contributed by atoms with Gasteiger partial charge in [0.2, 0.25) is 0 Å². The zero-order chi connectivity index (χ0) is 19.7. The number of furan rings is 1. The number of hydrogen-bond donors (Lipinski definition) is 0. The molecule has 0 N–H and O–H groups in total. The molecule has 2 bridgehead atoms. The quantitative estimate of drug-likeness (QED) is 0.570. The number of cyclic esters (lactones) is 1. The summed E-state index contributed by atoms with van der Waals surface area (Å²) in [6, 6.07) is 1.79.